The van der Waals surface area contributed by atoms with Gasteiger partial charge in [-0.2, -0.15) is 0 Å². The van der Waals surface area contributed by atoms with Crippen LogP contribution in [0.2, 0.25) is 0 Å². The highest BCUT2D eigenvalue weighted by Crippen LogP contribution is 2.22. The number of hydrogen-bond acceptors (Lipinski definition) is 3. The number of rotatable bonds is 3. The van der Waals surface area contributed by atoms with Crippen molar-refractivity contribution in [3.63, 3.8) is 0 Å². The smallest absolute Gasteiger partial charge is 0.265 e. The van der Waals surface area contributed by atoms with E-state index >= 15 is 0 Å². The third kappa shape index (κ3) is 3.08. The second-order valence-corrected chi connectivity index (χ2v) is 5.23. The molecule has 2 aromatic rings. The molecule has 20 heavy (non-hydrogen) atoms. The van der Waals surface area contributed by atoms with E-state index in [0.717, 1.165) is 5.56 Å². The minimum absolute atomic E-state index is 0.0634. The first-order valence-corrected chi connectivity index (χ1v) is 6.78. The van der Waals surface area contributed by atoms with Crippen LogP contribution in [-0.4, -0.2) is 10.5 Å². The van der Waals surface area contributed by atoms with E-state index in [4.69, 9.17) is 5.73 Å². The van der Waals surface area contributed by atoms with Crippen molar-refractivity contribution in [3.8, 4) is 0 Å². The molecule has 0 atom stereocenters. The highest BCUT2D eigenvalue weighted by Gasteiger charge is 2.09. The second kappa shape index (κ2) is 5.92. The summed E-state index contributed by atoms with van der Waals surface area (Å²) >= 11 is 3.14. The molecule has 1 heterocycles. The molecule has 104 valence electrons. The Labute approximate surface area is 124 Å². The van der Waals surface area contributed by atoms with Crippen molar-refractivity contribution in [1.82, 2.24) is 4.57 Å². The fourth-order valence-corrected chi connectivity index (χ4v) is 2.21. The zero-order chi connectivity index (χ0) is 14.7. The summed E-state index contributed by atoms with van der Waals surface area (Å²) in [6, 6.07) is 8.72. The first-order valence-electron chi connectivity index (χ1n) is 5.99. The largest absolute Gasteiger partial charge is 0.397 e. The van der Waals surface area contributed by atoms with Gasteiger partial charge in [0.15, 0.2) is 0 Å². The van der Waals surface area contributed by atoms with Crippen LogP contribution < -0.4 is 16.6 Å². The Morgan fingerprint density at radius 3 is 2.80 bits per heavy atom. The van der Waals surface area contributed by atoms with E-state index in [-0.39, 0.29) is 18.0 Å². The highest BCUT2D eigenvalue weighted by molar-refractivity contribution is 9.10. The monoisotopic (exact) mass is 335 g/mol. The Hall–Kier alpha value is -2.08. The Bertz CT molecular complexity index is 690. The van der Waals surface area contributed by atoms with Crippen LogP contribution in [-0.2, 0) is 11.3 Å². The first-order chi connectivity index (χ1) is 9.49. The maximum absolute atomic E-state index is 12.0. The topological polar surface area (TPSA) is 77.1 Å². The molecule has 1 amide bonds. The minimum atomic E-state index is -0.300. The number of aryl methyl sites for hydroxylation is 1. The lowest BCUT2D eigenvalue weighted by atomic mass is 10.1. The van der Waals surface area contributed by atoms with E-state index in [0.29, 0.717) is 15.8 Å². The standard InChI is InChI=1S/C14H14BrN3O2/c1-9-4-2-6-11(16)13(9)17-12(19)8-18-7-3-5-10(15)14(18)20/h2-7H,8,16H2,1H3,(H,17,19). The number of hydrogen-bond donors (Lipinski definition) is 2. The Balaban J connectivity index is 2.18. The van der Waals surface area contributed by atoms with Gasteiger partial charge in [0, 0.05) is 6.20 Å². The number of aromatic nitrogens is 1. The number of para-hydroxylation sites is 1. The molecule has 0 saturated heterocycles. The van der Waals surface area contributed by atoms with Crippen LogP contribution in [0.3, 0.4) is 0 Å². The van der Waals surface area contributed by atoms with Crippen LogP contribution in [0.5, 0.6) is 0 Å². The Morgan fingerprint density at radius 1 is 1.35 bits per heavy atom. The Morgan fingerprint density at radius 2 is 2.10 bits per heavy atom. The van der Waals surface area contributed by atoms with Crippen molar-refractivity contribution in [2.45, 2.75) is 13.5 Å². The van der Waals surface area contributed by atoms with Gasteiger partial charge in [0.1, 0.15) is 6.54 Å². The van der Waals surface area contributed by atoms with Gasteiger partial charge in [-0.05, 0) is 46.6 Å². The van der Waals surface area contributed by atoms with E-state index in [1.807, 2.05) is 19.1 Å². The number of carbonyl (C=O) groups is 1. The molecule has 5 nitrogen and oxygen atoms in total. The molecule has 1 aromatic carbocycles. The summed E-state index contributed by atoms with van der Waals surface area (Å²) in [6.45, 7) is 1.79. The van der Waals surface area contributed by atoms with Gasteiger partial charge in [-0.15, -0.1) is 0 Å². The van der Waals surface area contributed by atoms with Crippen LogP contribution in [0.1, 0.15) is 5.56 Å². The molecule has 0 radical (unpaired) electrons. The Kier molecular flexibility index (Phi) is 4.24. The maximum Gasteiger partial charge on any atom is 0.265 e. The molecular weight excluding hydrogens is 322 g/mol. The van der Waals surface area contributed by atoms with E-state index in [1.165, 1.54) is 4.57 Å². The number of pyridine rings is 1. The van der Waals surface area contributed by atoms with Gasteiger partial charge in [0.2, 0.25) is 5.91 Å². The summed E-state index contributed by atoms with van der Waals surface area (Å²) in [7, 11) is 0. The van der Waals surface area contributed by atoms with Crippen LogP contribution in [0.15, 0.2) is 45.8 Å². The number of nitrogens with one attached hydrogen (secondary N) is 1. The van der Waals surface area contributed by atoms with Crippen molar-refractivity contribution < 1.29 is 4.79 Å². The predicted octanol–water partition coefficient (Wildman–Crippen LogP) is 2.14. The van der Waals surface area contributed by atoms with Crippen molar-refractivity contribution in [2.75, 3.05) is 11.1 Å². The summed E-state index contributed by atoms with van der Waals surface area (Å²) in [4.78, 5) is 23.8. The third-order valence-electron chi connectivity index (χ3n) is 2.86. The van der Waals surface area contributed by atoms with Crippen LogP contribution in [0.4, 0.5) is 11.4 Å². The minimum Gasteiger partial charge on any atom is -0.397 e. The third-order valence-corrected chi connectivity index (χ3v) is 3.46. The summed E-state index contributed by atoms with van der Waals surface area (Å²) in [6.07, 6.45) is 1.56. The van der Waals surface area contributed by atoms with Gasteiger partial charge in [-0.25, -0.2) is 0 Å². The molecule has 0 aliphatic heterocycles. The molecule has 0 fully saturated rings. The molecule has 0 spiro atoms. The number of anilines is 2. The van der Waals surface area contributed by atoms with Gasteiger partial charge in [-0.3, -0.25) is 9.59 Å². The van der Waals surface area contributed by atoms with E-state index in [9.17, 15) is 9.59 Å². The van der Waals surface area contributed by atoms with Gasteiger partial charge in [0.05, 0.1) is 15.8 Å². The summed E-state index contributed by atoms with van der Waals surface area (Å²) in [5.41, 5.74) is 7.54. The van der Waals surface area contributed by atoms with Gasteiger partial charge in [0.25, 0.3) is 5.56 Å². The summed E-state index contributed by atoms with van der Waals surface area (Å²) < 4.78 is 1.75. The first kappa shape index (κ1) is 14.3. The van der Waals surface area contributed by atoms with Gasteiger partial charge >= 0.3 is 0 Å². The normalized spacial score (nSPS) is 10.3. The second-order valence-electron chi connectivity index (χ2n) is 4.38. The number of amides is 1. The average Bonchev–Trinajstić information content (AvgIpc) is 2.39. The van der Waals surface area contributed by atoms with Crippen LogP contribution >= 0.6 is 15.9 Å². The quantitative estimate of drug-likeness (QED) is 0.843. The molecule has 0 unspecified atom stereocenters. The fraction of sp³-hybridized carbons (Fsp3) is 0.143. The maximum atomic E-state index is 12.0. The molecule has 2 rings (SSSR count). The lowest BCUT2D eigenvalue weighted by Crippen LogP contribution is -2.27. The highest BCUT2D eigenvalue weighted by atomic mass is 79.9. The number of nitrogen functional groups attached to an aromatic ring is 1. The lowest BCUT2D eigenvalue weighted by Gasteiger charge is -2.12. The van der Waals surface area contributed by atoms with Crippen molar-refractivity contribution >= 4 is 33.2 Å². The number of halogens is 1. The number of benzene rings is 1. The van der Waals surface area contributed by atoms with Crippen molar-refractivity contribution in [2.24, 2.45) is 0 Å². The van der Waals surface area contributed by atoms with Crippen molar-refractivity contribution in [1.29, 1.82) is 0 Å². The molecular formula is C14H14BrN3O2. The van der Waals surface area contributed by atoms with Gasteiger partial charge in [-0.1, -0.05) is 12.1 Å². The predicted molar refractivity (Wildman–Crippen MR) is 82.6 cm³/mol. The number of nitrogens with zero attached hydrogens (tertiary/aromatic N) is 1. The molecule has 0 saturated carbocycles. The molecule has 0 aliphatic carbocycles. The molecule has 0 bridgehead atoms. The average molecular weight is 336 g/mol. The number of nitrogens with two attached hydrogens (primary N) is 1. The summed E-state index contributed by atoms with van der Waals surface area (Å²) in [5, 5.41) is 2.73. The zero-order valence-corrected chi connectivity index (χ0v) is 12.5. The lowest BCUT2D eigenvalue weighted by molar-refractivity contribution is -0.116. The molecule has 3 N–H and O–H groups in total. The van der Waals surface area contributed by atoms with Crippen molar-refractivity contribution in [3.05, 3.63) is 56.9 Å². The van der Waals surface area contributed by atoms with Gasteiger partial charge < -0.3 is 15.6 Å². The number of carbonyl (C=O) groups excluding carboxylic acids is 1. The summed E-state index contributed by atoms with van der Waals surface area (Å²) in [5.74, 6) is -0.300. The molecule has 1 aromatic heterocycles. The molecule has 0 aliphatic rings. The van der Waals surface area contributed by atoms with Crippen LogP contribution in [0.25, 0.3) is 0 Å². The van der Waals surface area contributed by atoms with Crippen LogP contribution in [0, 0.1) is 6.92 Å². The molecule has 6 heteroatoms. The van der Waals surface area contributed by atoms with E-state index < -0.39 is 0 Å². The van der Waals surface area contributed by atoms with E-state index in [1.54, 1.807) is 24.4 Å². The van der Waals surface area contributed by atoms with E-state index in [2.05, 4.69) is 21.2 Å². The SMILES string of the molecule is Cc1cccc(N)c1NC(=O)Cn1cccc(Br)c1=O. The fourth-order valence-electron chi connectivity index (χ4n) is 1.83. The zero-order valence-electron chi connectivity index (χ0n) is 10.9.